The Labute approximate surface area is 137 Å². The topological polar surface area (TPSA) is 45.3 Å². The molecule has 0 aromatic rings. The van der Waals surface area contributed by atoms with Gasteiger partial charge >= 0.3 is 6.09 Å². The fraction of sp³-hybridized carbons (Fsp3) is 0.941. The van der Waals surface area contributed by atoms with Gasteiger partial charge in [0.15, 0.2) is 0 Å². The zero-order valence-electron chi connectivity index (χ0n) is 13.7. The van der Waals surface area contributed by atoms with Crippen molar-refractivity contribution >= 4 is 6.09 Å². The zero-order chi connectivity index (χ0) is 15.9. The molecule has 1 spiro atoms. The van der Waals surface area contributed by atoms with Crippen molar-refractivity contribution in [3.63, 3.8) is 0 Å². The molecule has 4 aliphatic rings. The molecule has 0 N–H and O–H groups in total. The van der Waals surface area contributed by atoms with Crippen molar-refractivity contribution in [1.29, 1.82) is 0 Å². The van der Waals surface area contributed by atoms with Crippen molar-refractivity contribution in [2.45, 2.75) is 56.4 Å². The number of carbonyl (C=O) groups is 1. The zero-order valence-corrected chi connectivity index (χ0v) is 13.7. The molecule has 1 aliphatic carbocycles. The molecule has 0 unspecified atom stereocenters. The standard InChI is InChI=1S/C17H27FN2O3/c18-14-4-8-19(11-14)7-3-13-9-20(10-13)16(21)23-15-1-5-17(6-2-15)12-22-17/h13-15H,1-12H2/t14-,15?,17?/m0/s1. The summed E-state index contributed by atoms with van der Waals surface area (Å²) in [4.78, 5) is 16.1. The Hall–Kier alpha value is -0.880. The predicted molar refractivity (Wildman–Crippen MR) is 83.1 cm³/mol. The number of rotatable bonds is 4. The van der Waals surface area contributed by atoms with Gasteiger partial charge in [0.05, 0.1) is 12.2 Å². The molecule has 6 heteroatoms. The Morgan fingerprint density at radius 1 is 1.22 bits per heavy atom. The number of halogens is 1. The fourth-order valence-electron chi connectivity index (χ4n) is 4.10. The van der Waals surface area contributed by atoms with Gasteiger partial charge in [0.1, 0.15) is 12.3 Å². The van der Waals surface area contributed by atoms with Gasteiger partial charge in [0.2, 0.25) is 0 Å². The summed E-state index contributed by atoms with van der Waals surface area (Å²) >= 11 is 0. The summed E-state index contributed by atoms with van der Waals surface area (Å²) < 4.78 is 24.2. The lowest BCUT2D eigenvalue weighted by atomic mass is 9.88. The average molecular weight is 326 g/mol. The second-order valence-corrected chi connectivity index (χ2v) is 7.80. The molecule has 130 valence electrons. The highest BCUT2D eigenvalue weighted by Crippen LogP contribution is 2.42. The van der Waals surface area contributed by atoms with Crippen LogP contribution in [0.1, 0.15) is 38.5 Å². The van der Waals surface area contributed by atoms with Crippen LogP contribution in [0.25, 0.3) is 0 Å². The van der Waals surface area contributed by atoms with Crippen LogP contribution in [0.2, 0.25) is 0 Å². The van der Waals surface area contributed by atoms with Gasteiger partial charge in [-0.25, -0.2) is 9.18 Å². The molecule has 1 amide bonds. The number of amides is 1. The second-order valence-electron chi connectivity index (χ2n) is 7.80. The molecule has 1 atom stereocenters. The SMILES string of the molecule is O=C(OC1CCC2(CC1)CO2)N1CC(CCN2CC[C@H](F)C2)C1. The van der Waals surface area contributed by atoms with Crippen LogP contribution < -0.4 is 0 Å². The summed E-state index contributed by atoms with van der Waals surface area (Å²) in [7, 11) is 0. The van der Waals surface area contributed by atoms with E-state index in [4.69, 9.17) is 9.47 Å². The van der Waals surface area contributed by atoms with E-state index in [1.807, 2.05) is 4.90 Å². The number of hydrogen-bond acceptors (Lipinski definition) is 4. The molecular formula is C17H27FN2O3. The molecule has 4 fully saturated rings. The monoisotopic (exact) mass is 326 g/mol. The molecule has 5 nitrogen and oxygen atoms in total. The summed E-state index contributed by atoms with van der Waals surface area (Å²) in [6, 6.07) is 0. The first-order chi connectivity index (χ1) is 11.1. The smallest absolute Gasteiger partial charge is 0.410 e. The van der Waals surface area contributed by atoms with Gasteiger partial charge in [-0.15, -0.1) is 0 Å². The Kier molecular flexibility index (Phi) is 4.22. The Morgan fingerprint density at radius 3 is 2.57 bits per heavy atom. The van der Waals surface area contributed by atoms with E-state index in [-0.39, 0.29) is 17.8 Å². The van der Waals surface area contributed by atoms with E-state index in [0.29, 0.717) is 18.9 Å². The van der Waals surface area contributed by atoms with Crippen LogP contribution in [0, 0.1) is 5.92 Å². The number of nitrogens with zero attached hydrogens (tertiary/aromatic N) is 2. The highest BCUT2D eigenvalue weighted by Gasteiger charge is 2.47. The lowest BCUT2D eigenvalue weighted by Crippen LogP contribution is -2.51. The minimum atomic E-state index is -0.640. The van der Waals surface area contributed by atoms with Gasteiger partial charge in [-0.3, -0.25) is 0 Å². The fourth-order valence-corrected chi connectivity index (χ4v) is 4.10. The Morgan fingerprint density at radius 2 is 1.96 bits per heavy atom. The van der Waals surface area contributed by atoms with Crippen molar-refractivity contribution < 1.29 is 18.7 Å². The number of carbonyl (C=O) groups excluding carboxylic acids is 1. The number of hydrogen-bond donors (Lipinski definition) is 0. The van der Waals surface area contributed by atoms with Crippen LogP contribution in [-0.4, -0.2) is 73.1 Å². The molecular weight excluding hydrogens is 299 g/mol. The summed E-state index contributed by atoms with van der Waals surface area (Å²) in [6.07, 6.45) is 4.93. The average Bonchev–Trinajstić information content (AvgIpc) is 3.12. The van der Waals surface area contributed by atoms with Gasteiger partial charge in [-0.2, -0.15) is 0 Å². The Balaban J connectivity index is 1.11. The van der Waals surface area contributed by atoms with Crippen LogP contribution >= 0.6 is 0 Å². The highest BCUT2D eigenvalue weighted by molar-refractivity contribution is 5.68. The van der Waals surface area contributed by atoms with Crippen molar-refractivity contribution in [3.8, 4) is 0 Å². The number of ether oxygens (including phenoxy) is 2. The van der Waals surface area contributed by atoms with E-state index >= 15 is 0 Å². The van der Waals surface area contributed by atoms with E-state index in [0.717, 1.165) is 64.9 Å². The maximum Gasteiger partial charge on any atom is 0.410 e. The van der Waals surface area contributed by atoms with E-state index < -0.39 is 6.17 Å². The maximum atomic E-state index is 13.1. The summed E-state index contributed by atoms with van der Waals surface area (Å²) in [5.41, 5.74) is 0.152. The van der Waals surface area contributed by atoms with E-state index in [2.05, 4.69) is 4.90 Å². The normalized spacial score (nSPS) is 37.9. The second kappa shape index (κ2) is 6.20. The van der Waals surface area contributed by atoms with Gasteiger partial charge in [0.25, 0.3) is 0 Å². The summed E-state index contributed by atoms with van der Waals surface area (Å²) in [5.74, 6) is 0.552. The predicted octanol–water partition coefficient (Wildman–Crippen LogP) is 2.20. The van der Waals surface area contributed by atoms with Crippen LogP contribution in [-0.2, 0) is 9.47 Å². The maximum absolute atomic E-state index is 13.1. The quantitative estimate of drug-likeness (QED) is 0.743. The number of likely N-dealkylation sites (tertiary alicyclic amines) is 2. The first-order valence-electron chi connectivity index (χ1n) is 9.08. The van der Waals surface area contributed by atoms with Crippen molar-refractivity contribution in [1.82, 2.24) is 9.80 Å². The highest BCUT2D eigenvalue weighted by atomic mass is 19.1. The molecule has 0 radical (unpaired) electrons. The molecule has 3 saturated heterocycles. The third-order valence-electron chi connectivity index (χ3n) is 5.95. The molecule has 0 aromatic heterocycles. The number of alkyl halides is 1. The summed E-state index contributed by atoms with van der Waals surface area (Å²) in [5, 5.41) is 0. The minimum absolute atomic E-state index is 0.0717. The van der Waals surface area contributed by atoms with Gasteiger partial charge in [0, 0.05) is 26.2 Å². The minimum Gasteiger partial charge on any atom is -0.446 e. The third kappa shape index (κ3) is 3.63. The molecule has 1 saturated carbocycles. The van der Waals surface area contributed by atoms with Gasteiger partial charge in [-0.05, 0) is 51.0 Å². The molecule has 0 aromatic carbocycles. The molecule has 4 rings (SSSR count). The third-order valence-corrected chi connectivity index (χ3v) is 5.95. The van der Waals surface area contributed by atoms with E-state index in [1.165, 1.54) is 0 Å². The van der Waals surface area contributed by atoms with Crippen LogP contribution in [0.5, 0.6) is 0 Å². The molecule has 0 bridgehead atoms. The van der Waals surface area contributed by atoms with E-state index in [1.54, 1.807) is 0 Å². The van der Waals surface area contributed by atoms with Crippen molar-refractivity contribution in [2.75, 3.05) is 39.3 Å². The van der Waals surface area contributed by atoms with Crippen molar-refractivity contribution in [3.05, 3.63) is 0 Å². The van der Waals surface area contributed by atoms with Gasteiger partial charge < -0.3 is 19.3 Å². The van der Waals surface area contributed by atoms with Crippen LogP contribution in [0.15, 0.2) is 0 Å². The molecule has 3 heterocycles. The van der Waals surface area contributed by atoms with Crippen molar-refractivity contribution in [2.24, 2.45) is 5.92 Å². The van der Waals surface area contributed by atoms with Crippen LogP contribution in [0.4, 0.5) is 9.18 Å². The van der Waals surface area contributed by atoms with Crippen LogP contribution in [0.3, 0.4) is 0 Å². The Bertz CT molecular complexity index is 441. The summed E-state index contributed by atoms with van der Waals surface area (Å²) in [6.45, 7) is 4.91. The molecule has 23 heavy (non-hydrogen) atoms. The number of epoxide rings is 1. The first kappa shape index (κ1) is 15.6. The van der Waals surface area contributed by atoms with Gasteiger partial charge in [-0.1, -0.05) is 0 Å². The lowest BCUT2D eigenvalue weighted by Gasteiger charge is -2.40. The van der Waals surface area contributed by atoms with E-state index in [9.17, 15) is 9.18 Å². The lowest BCUT2D eigenvalue weighted by molar-refractivity contribution is 0.00525. The largest absolute Gasteiger partial charge is 0.446 e. The molecule has 3 aliphatic heterocycles. The first-order valence-corrected chi connectivity index (χ1v) is 9.08.